The molecule has 3 rings (SSSR count). The third-order valence-corrected chi connectivity index (χ3v) is 4.49. The quantitative estimate of drug-likeness (QED) is 0.821. The van der Waals surface area contributed by atoms with Gasteiger partial charge in [-0.05, 0) is 56.4 Å². The Hall–Kier alpha value is -2.63. The molecule has 0 aliphatic heterocycles. The number of amides is 1. The van der Waals surface area contributed by atoms with Crippen molar-refractivity contribution in [3.63, 3.8) is 0 Å². The van der Waals surface area contributed by atoms with Gasteiger partial charge in [0.05, 0.1) is 12.6 Å². The summed E-state index contributed by atoms with van der Waals surface area (Å²) in [6.07, 6.45) is 8.40. The van der Waals surface area contributed by atoms with Gasteiger partial charge < -0.3 is 14.6 Å². The van der Waals surface area contributed by atoms with Gasteiger partial charge in [-0.3, -0.25) is 4.79 Å². The Kier molecular flexibility index (Phi) is 5.48. The van der Waals surface area contributed by atoms with E-state index in [1.807, 2.05) is 42.8 Å². The van der Waals surface area contributed by atoms with Gasteiger partial charge >= 0.3 is 0 Å². The van der Waals surface area contributed by atoms with E-state index in [0.717, 1.165) is 35.8 Å². The molecule has 0 spiro atoms. The lowest BCUT2D eigenvalue weighted by atomic mass is 10.2. The van der Waals surface area contributed by atoms with Crippen molar-refractivity contribution in [3.8, 4) is 5.75 Å². The van der Waals surface area contributed by atoms with Gasteiger partial charge in [-0.2, -0.15) is 0 Å². The first-order chi connectivity index (χ1) is 12.1. The van der Waals surface area contributed by atoms with Crippen LogP contribution in [0.3, 0.4) is 0 Å². The van der Waals surface area contributed by atoms with Crippen LogP contribution in [0.4, 0.5) is 0 Å². The summed E-state index contributed by atoms with van der Waals surface area (Å²) in [6.45, 7) is 2.23. The molecule has 1 aliphatic rings. The molecule has 1 aromatic heterocycles. The summed E-state index contributed by atoms with van der Waals surface area (Å²) in [5.41, 5.74) is 0.945. The maximum atomic E-state index is 12.0. The number of carbonyl (C=O) groups is 1. The lowest BCUT2D eigenvalue weighted by molar-refractivity contribution is -0.116. The number of benzene rings is 1. The first kappa shape index (κ1) is 17.2. The maximum absolute atomic E-state index is 12.0. The van der Waals surface area contributed by atoms with Crippen molar-refractivity contribution >= 4 is 12.0 Å². The van der Waals surface area contributed by atoms with Crippen LogP contribution in [0.15, 0.2) is 30.3 Å². The molecule has 0 unspecified atom stereocenters. The summed E-state index contributed by atoms with van der Waals surface area (Å²) in [5.74, 6) is 2.25. The summed E-state index contributed by atoms with van der Waals surface area (Å²) >= 11 is 0. The van der Waals surface area contributed by atoms with E-state index < -0.39 is 0 Å². The molecule has 0 radical (unpaired) electrons. The molecule has 25 heavy (non-hydrogen) atoms. The number of hydrogen-bond acceptors (Lipinski definition) is 4. The molecule has 1 amide bonds. The molecule has 2 aromatic rings. The number of rotatable bonds is 6. The zero-order valence-electron chi connectivity index (χ0n) is 14.7. The first-order valence-corrected chi connectivity index (χ1v) is 8.69. The number of hydrogen-bond donors (Lipinski definition) is 1. The predicted molar refractivity (Wildman–Crippen MR) is 95.9 cm³/mol. The standard InChI is InChI=1S/C19H24N4O2/c1-14-21-22-18(23(14)2)13-20-19(24)11-10-15-6-5-9-17(12-15)25-16-7-3-4-8-16/h5-6,9-12,16H,3-4,7-8,13H2,1-2H3,(H,20,24). The lowest BCUT2D eigenvalue weighted by Gasteiger charge is -2.13. The molecule has 0 saturated heterocycles. The third-order valence-electron chi connectivity index (χ3n) is 4.49. The molecule has 1 aliphatic carbocycles. The minimum Gasteiger partial charge on any atom is -0.490 e. The molecule has 1 saturated carbocycles. The van der Waals surface area contributed by atoms with Crippen LogP contribution in [0, 0.1) is 6.92 Å². The number of aryl methyl sites for hydroxylation is 1. The number of nitrogens with zero attached hydrogens (tertiary/aromatic N) is 3. The molecular formula is C19H24N4O2. The largest absolute Gasteiger partial charge is 0.490 e. The monoisotopic (exact) mass is 340 g/mol. The maximum Gasteiger partial charge on any atom is 0.244 e. The molecule has 6 heteroatoms. The molecule has 1 fully saturated rings. The van der Waals surface area contributed by atoms with E-state index in [0.29, 0.717) is 12.6 Å². The van der Waals surface area contributed by atoms with Gasteiger partial charge in [-0.25, -0.2) is 0 Å². The van der Waals surface area contributed by atoms with Crippen LogP contribution in [-0.2, 0) is 18.4 Å². The topological polar surface area (TPSA) is 69.0 Å². The second-order valence-electron chi connectivity index (χ2n) is 6.37. The summed E-state index contributed by atoms with van der Waals surface area (Å²) in [4.78, 5) is 12.0. The van der Waals surface area contributed by atoms with Crippen molar-refractivity contribution in [1.29, 1.82) is 0 Å². The minimum atomic E-state index is -0.164. The van der Waals surface area contributed by atoms with E-state index in [9.17, 15) is 4.79 Å². The normalized spacial score (nSPS) is 15.0. The highest BCUT2D eigenvalue weighted by Crippen LogP contribution is 2.24. The van der Waals surface area contributed by atoms with Crippen molar-refractivity contribution in [2.45, 2.75) is 45.3 Å². The van der Waals surface area contributed by atoms with Crippen LogP contribution in [0.25, 0.3) is 6.08 Å². The molecule has 6 nitrogen and oxygen atoms in total. The van der Waals surface area contributed by atoms with Crippen molar-refractivity contribution in [2.24, 2.45) is 7.05 Å². The fraction of sp³-hybridized carbons (Fsp3) is 0.421. The molecule has 0 atom stereocenters. The Morgan fingerprint density at radius 2 is 2.16 bits per heavy atom. The Balaban J connectivity index is 1.53. The van der Waals surface area contributed by atoms with Gasteiger partial charge in [0, 0.05) is 13.1 Å². The Morgan fingerprint density at radius 1 is 1.36 bits per heavy atom. The molecule has 1 heterocycles. The van der Waals surface area contributed by atoms with E-state index in [1.54, 1.807) is 6.08 Å². The highest BCUT2D eigenvalue weighted by Gasteiger charge is 2.16. The zero-order chi connectivity index (χ0) is 17.6. The van der Waals surface area contributed by atoms with Crippen LogP contribution in [-0.4, -0.2) is 26.8 Å². The van der Waals surface area contributed by atoms with E-state index >= 15 is 0 Å². The number of nitrogens with one attached hydrogen (secondary N) is 1. The third kappa shape index (κ3) is 4.68. The molecular weight excluding hydrogens is 316 g/mol. The van der Waals surface area contributed by atoms with Crippen LogP contribution >= 0.6 is 0 Å². The van der Waals surface area contributed by atoms with E-state index in [4.69, 9.17) is 4.74 Å². The average molecular weight is 340 g/mol. The van der Waals surface area contributed by atoms with Gasteiger partial charge in [0.25, 0.3) is 0 Å². The molecule has 1 N–H and O–H groups in total. The Bertz CT molecular complexity index is 761. The second-order valence-corrected chi connectivity index (χ2v) is 6.37. The summed E-state index contributed by atoms with van der Waals surface area (Å²) < 4.78 is 7.85. The lowest BCUT2D eigenvalue weighted by Crippen LogP contribution is -2.22. The van der Waals surface area contributed by atoms with E-state index in [-0.39, 0.29) is 5.91 Å². The fourth-order valence-corrected chi connectivity index (χ4v) is 2.89. The van der Waals surface area contributed by atoms with Gasteiger partial charge in [-0.15, -0.1) is 10.2 Å². The van der Waals surface area contributed by atoms with Gasteiger partial charge in [0.1, 0.15) is 11.6 Å². The first-order valence-electron chi connectivity index (χ1n) is 8.69. The molecule has 0 bridgehead atoms. The molecule has 1 aromatic carbocycles. The summed E-state index contributed by atoms with van der Waals surface area (Å²) in [5, 5.41) is 10.8. The predicted octanol–water partition coefficient (Wildman–Crippen LogP) is 2.77. The highest BCUT2D eigenvalue weighted by atomic mass is 16.5. The van der Waals surface area contributed by atoms with Gasteiger partial charge in [0.15, 0.2) is 5.82 Å². The fourth-order valence-electron chi connectivity index (χ4n) is 2.89. The van der Waals surface area contributed by atoms with Gasteiger partial charge in [-0.1, -0.05) is 12.1 Å². The second kappa shape index (κ2) is 7.96. The van der Waals surface area contributed by atoms with Crippen LogP contribution < -0.4 is 10.1 Å². The SMILES string of the molecule is Cc1nnc(CNC(=O)C=Cc2cccc(OC3CCCC3)c2)n1C. The number of ether oxygens (including phenoxy) is 1. The van der Waals surface area contributed by atoms with Crippen LogP contribution in [0.5, 0.6) is 5.75 Å². The smallest absolute Gasteiger partial charge is 0.244 e. The number of carbonyl (C=O) groups excluding carboxylic acids is 1. The Labute approximate surface area is 147 Å². The van der Waals surface area contributed by atoms with Gasteiger partial charge in [0.2, 0.25) is 5.91 Å². The average Bonchev–Trinajstić information content (AvgIpc) is 3.23. The van der Waals surface area contributed by atoms with Crippen LogP contribution in [0.1, 0.15) is 42.9 Å². The van der Waals surface area contributed by atoms with E-state index in [2.05, 4.69) is 15.5 Å². The molecule has 132 valence electrons. The van der Waals surface area contributed by atoms with Crippen molar-refractivity contribution < 1.29 is 9.53 Å². The van der Waals surface area contributed by atoms with Crippen molar-refractivity contribution in [2.75, 3.05) is 0 Å². The summed E-state index contributed by atoms with van der Waals surface area (Å²) in [7, 11) is 1.88. The highest BCUT2D eigenvalue weighted by molar-refractivity contribution is 5.91. The Morgan fingerprint density at radius 3 is 2.88 bits per heavy atom. The van der Waals surface area contributed by atoms with E-state index in [1.165, 1.54) is 18.9 Å². The minimum absolute atomic E-state index is 0.164. The zero-order valence-corrected chi connectivity index (χ0v) is 14.7. The van der Waals surface area contributed by atoms with Crippen molar-refractivity contribution in [3.05, 3.63) is 47.6 Å². The van der Waals surface area contributed by atoms with Crippen LogP contribution in [0.2, 0.25) is 0 Å². The summed E-state index contributed by atoms with van der Waals surface area (Å²) in [6, 6.07) is 7.84. The van der Waals surface area contributed by atoms with Crippen molar-refractivity contribution in [1.82, 2.24) is 20.1 Å². The number of aromatic nitrogens is 3.